The summed E-state index contributed by atoms with van der Waals surface area (Å²) in [5.41, 5.74) is 1.19. The van der Waals surface area contributed by atoms with Crippen molar-refractivity contribution in [2.45, 2.75) is 0 Å². The number of nitrogens with one attached hydrogen (secondary N) is 1. The van der Waals surface area contributed by atoms with Gasteiger partial charge in [0, 0.05) is 39.5 Å². The zero-order chi connectivity index (χ0) is 12.5. The normalized spacial score (nSPS) is 10.3. The van der Waals surface area contributed by atoms with Crippen LogP contribution in [-0.2, 0) is 4.74 Å². The fourth-order valence-corrected chi connectivity index (χ4v) is 1.51. The smallest absolute Gasteiger partial charge is 0.119 e. The van der Waals surface area contributed by atoms with Gasteiger partial charge in [-0.25, -0.2) is 0 Å². The van der Waals surface area contributed by atoms with Crippen LogP contribution in [0.1, 0.15) is 0 Å². The lowest BCUT2D eigenvalue weighted by Crippen LogP contribution is -2.30. The summed E-state index contributed by atoms with van der Waals surface area (Å²) in [6.45, 7) is 3.57. The van der Waals surface area contributed by atoms with Crippen LogP contribution < -0.4 is 15.0 Å². The van der Waals surface area contributed by atoms with Crippen molar-refractivity contribution in [1.29, 1.82) is 0 Å². The Morgan fingerprint density at radius 1 is 1.12 bits per heavy atom. The summed E-state index contributed by atoms with van der Waals surface area (Å²) in [7, 11) is 5.48. The molecule has 0 amide bonds. The summed E-state index contributed by atoms with van der Waals surface area (Å²) >= 11 is 0. The number of hydrogen-bond donors (Lipinski definition) is 1. The molecule has 0 aliphatic heterocycles. The number of benzene rings is 1. The number of likely N-dealkylation sites (N-methyl/N-ethyl adjacent to an activating group) is 1. The predicted octanol–water partition coefficient (Wildman–Crippen LogP) is 1.37. The van der Waals surface area contributed by atoms with Crippen molar-refractivity contribution >= 4 is 5.69 Å². The summed E-state index contributed by atoms with van der Waals surface area (Å²) in [6.07, 6.45) is 0. The highest BCUT2D eigenvalue weighted by Gasteiger charge is 2.00. The zero-order valence-corrected chi connectivity index (χ0v) is 10.9. The van der Waals surface area contributed by atoms with E-state index in [0.717, 1.165) is 32.0 Å². The summed E-state index contributed by atoms with van der Waals surface area (Å²) < 4.78 is 10.1. The summed E-state index contributed by atoms with van der Waals surface area (Å²) in [5, 5.41) is 3.32. The van der Waals surface area contributed by atoms with Crippen LogP contribution in [0.4, 0.5) is 5.69 Å². The molecule has 0 heterocycles. The van der Waals surface area contributed by atoms with Crippen molar-refractivity contribution in [3.63, 3.8) is 0 Å². The fraction of sp³-hybridized carbons (Fsp3) is 0.538. The average Bonchev–Trinajstić information content (AvgIpc) is 2.38. The van der Waals surface area contributed by atoms with Gasteiger partial charge in [-0.15, -0.1) is 0 Å². The highest BCUT2D eigenvalue weighted by molar-refractivity contribution is 5.48. The van der Waals surface area contributed by atoms with E-state index >= 15 is 0 Å². The number of anilines is 1. The molecule has 0 bridgehead atoms. The third-order valence-electron chi connectivity index (χ3n) is 2.62. The zero-order valence-electron chi connectivity index (χ0n) is 10.9. The molecule has 0 fully saturated rings. The molecule has 0 radical (unpaired) electrons. The van der Waals surface area contributed by atoms with Crippen molar-refractivity contribution in [1.82, 2.24) is 5.32 Å². The minimum Gasteiger partial charge on any atom is -0.497 e. The van der Waals surface area contributed by atoms with Gasteiger partial charge in [0.2, 0.25) is 0 Å². The van der Waals surface area contributed by atoms with Crippen LogP contribution in [0.15, 0.2) is 24.3 Å². The number of methoxy groups -OCH3 is 2. The quantitative estimate of drug-likeness (QED) is 0.694. The van der Waals surface area contributed by atoms with Gasteiger partial charge in [-0.05, 0) is 24.3 Å². The van der Waals surface area contributed by atoms with E-state index in [9.17, 15) is 0 Å². The Labute approximate surface area is 104 Å². The van der Waals surface area contributed by atoms with Crippen LogP contribution in [0.5, 0.6) is 5.75 Å². The van der Waals surface area contributed by atoms with E-state index < -0.39 is 0 Å². The lowest BCUT2D eigenvalue weighted by atomic mass is 10.3. The Bertz CT molecular complexity index is 301. The molecule has 1 aromatic rings. The molecule has 0 aliphatic rings. The molecule has 0 spiro atoms. The maximum atomic E-state index is 5.13. The minimum atomic E-state index is 0.756. The molecule has 0 aliphatic carbocycles. The maximum absolute atomic E-state index is 5.13. The predicted molar refractivity (Wildman–Crippen MR) is 71.0 cm³/mol. The van der Waals surface area contributed by atoms with Crippen LogP contribution in [0.3, 0.4) is 0 Å². The van der Waals surface area contributed by atoms with Gasteiger partial charge in [-0.3, -0.25) is 0 Å². The van der Waals surface area contributed by atoms with E-state index in [1.54, 1.807) is 14.2 Å². The van der Waals surface area contributed by atoms with Gasteiger partial charge in [0.15, 0.2) is 0 Å². The second kappa shape index (κ2) is 7.92. The fourth-order valence-electron chi connectivity index (χ4n) is 1.51. The number of hydrogen-bond acceptors (Lipinski definition) is 4. The lowest BCUT2D eigenvalue weighted by Gasteiger charge is -2.19. The van der Waals surface area contributed by atoms with Gasteiger partial charge in [0.05, 0.1) is 13.7 Å². The molecule has 0 aromatic heterocycles. The molecule has 17 heavy (non-hydrogen) atoms. The van der Waals surface area contributed by atoms with Gasteiger partial charge in [-0.2, -0.15) is 0 Å². The molecule has 96 valence electrons. The van der Waals surface area contributed by atoms with Crippen molar-refractivity contribution < 1.29 is 9.47 Å². The third kappa shape index (κ3) is 5.06. The van der Waals surface area contributed by atoms with E-state index in [2.05, 4.69) is 29.4 Å². The van der Waals surface area contributed by atoms with Gasteiger partial charge in [0.1, 0.15) is 5.75 Å². The van der Waals surface area contributed by atoms with Crippen LogP contribution in [0.25, 0.3) is 0 Å². The highest BCUT2D eigenvalue weighted by atomic mass is 16.5. The number of nitrogens with zero attached hydrogens (tertiary/aromatic N) is 1. The van der Waals surface area contributed by atoms with E-state index in [1.807, 2.05) is 12.1 Å². The van der Waals surface area contributed by atoms with Crippen molar-refractivity contribution in [3.05, 3.63) is 24.3 Å². The average molecular weight is 238 g/mol. The maximum Gasteiger partial charge on any atom is 0.119 e. The van der Waals surface area contributed by atoms with E-state index in [1.165, 1.54) is 5.69 Å². The summed E-state index contributed by atoms with van der Waals surface area (Å²) in [4.78, 5) is 2.21. The SMILES string of the molecule is COCCNCCN(C)c1ccc(OC)cc1. The van der Waals surface area contributed by atoms with Gasteiger partial charge in [-0.1, -0.05) is 0 Å². The van der Waals surface area contributed by atoms with Crippen LogP contribution in [-0.4, -0.2) is 47.5 Å². The molecule has 1 rings (SSSR count). The highest BCUT2D eigenvalue weighted by Crippen LogP contribution is 2.17. The monoisotopic (exact) mass is 238 g/mol. The standard InChI is InChI=1S/C13H22N2O2/c1-15(10-8-14-9-11-16-2)12-4-6-13(17-3)7-5-12/h4-7,14H,8-11H2,1-3H3. The van der Waals surface area contributed by atoms with Crippen molar-refractivity contribution in [2.24, 2.45) is 0 Å². The van der Waals surface area contributed by atoms with Crippen LogP contribution in [0.2, 0.25) is 0 Å². The first-order valence-corrected chi connectivity index (χ1v) is 5.82. The Hall–Kier alpha value is -1.26. The minimum absolute atomic E-state index is 0.756. The third-order valence-corrected chi connectivity index (χ3v) is 2.62. The summed E-state index contributed by atoms with van der Waals surface area (Å²) in [5.74, 6) is 0.889. The first kappa shape index (κ1) is 13.8. The van der Waals surface area contributed by atoms with E-state index in [0.29, 0.717) is 0 Å². The number of rotatable bonds is 8. The molecule has 4 heteroatoms. The van der Waals surface area contributed by atoms with Gasteiger partial charge >= 0.3 is 0 Å². The second-order valence-corrected chi connectivity index (χ2v) is 3.86. The molecule has 0 unspecified atom stereocenters. The summed E-state index contributed by atoms with van der Waals surface area (Å²) in [6, 6.07) is 8.08. The molecule has 0 saturated heterocycles. The molecule has 1 N–H and O–H groups in total. The van der Waals surface area contributed by atoms with Gasteiger partial charge in [0.25, 0.3) is 0 Å². The first-order valence-electron chi connectivity index (χ1n) is 5.82. The topological polar surface area (TPSA) is 33.7 Å². The van der Waals surface area contributed by atoms with Crippen LogP contribution in [0, 0.1) is 0 Å². The Balaban J connectivity index is 2.28. The molecule has 0 atom stereocenters. The van der Waals surface area contributed by atoms with E-state index in [4.69, 9.17) is 9.47 Å². The molecule has 4 nitrogen and oxygen atoms in total. The second-order valence-electron chi connectivity index (χ2n) is 3.86. The van der Waals surface area contributed by atoms with Gasteiger partial charge < -0.3 is 19.7 Å². The van der Waals surface area contributed by atoms with Crippen molar-refractivity contribution in [3.8, 4) is 5.75 Å². The largest absolute Gasteiger partial charge is 0.497 e. The van der Waals surface area contributed by atoms with Crippen LogP contribution >= 0.6 is 0 Å². The number of ether oxygens (including phenoxy) is 2. The Morgan fingerprint density at radius 2 is 1.82 bits per heavy atom. The first-order chi connectivity index (χ1) is 8.27. The van der Waals surface area contributed by atoms with E-state index in [-0.39, 0.29) is 0 Å². The molecular formula is C13H22N2O2. The Morgan fingerprint density at radius 3 is 2.41 bits per heavy atom. The molecule has 1 aromatic carbocycles. The molecule has 0 saturated carbocycles. The molecular weight excluding hydrogens is 216 g/mol. The Kier molecular flexibility index (Phi) is 6.43. The van der Waals surface area contributed by atoms with Crippen molar-refractivity contribution in [2.75, 3.05) is 52.4 Å². The lowest BCUT2D eigenvalue weighted by molar-refractivity contribution is 0.200.